The van der Waals surface area contributed by atoms with Gasteiger partial charge in [-0.15, -0.1) is 0 Å². The molecule has 0 aromatic carbocycles. The van der Waals surface area contributed by atoms with E-state index in [1.165, 1.54) is 4.90 Å². The molecule has 0 fully saturated rings. The van der Waals surface area contributed by atoms with Crippen molar-refractivity contribution in [1.29, 1.82) is 0 Å². The number of aromatic nitrogens is 5. The Morgan fingerprint density at radius 1 is 1.17 bits per heavy atom. The Bertz CT molecular complexity index is 1030. The summed E-state index contributed by atoms with van der Waals surface area (Å²) in [4.78, 5) is 21.1. The smallest absolute Gasteiger partial charge is 0.269 e. The van der Waals surface area contributed by atoms with Gasteiger partial charge in [0.25, 0.3) is 5.91 Å². The molecule has 0 saturated heterocycles. The normalized spacial score (nSPS) is 11.2. The van der Waals surface area contributed by atoms with Gasteiger partial charge in [-0.05, 0) is 29.8 Å². The van der Waals surface area contributed by atoms with Gasteiger partial charge in [0.15, 0.2) is 0 Å². The number of rotatable bonds is 2. The summed E-state index contributed by atoms with van der Waals surface area (Å²) in [6.07, 6.45) is 5.19. The number of amides is 1. The lowest BCUT2D eigenvalue weighted by Gasteiger charge is -2.07. The Balaban J connectivity index is 1.95. The fraction of sp³-hybridized carbons (Fsp3) is 0.125. The van der Waals surface area contributed by atoms with E-state index in [0.717, 1.165) is 22.0 Å². The van der Waals surface area contributed by atoms with Crippen LogP contribution < -0.4 is 0 Å². The van der Waals surface area contributed by atoms with Crippen molar-refractivity contribution in [3.63, 3.8) is 0 Å². The van der Waals surface area contributed by atoms with E-state index in [1.54, 1.807) is 37.3 Å². The molecule has 114 valence electrons. The van der Waals surface area contributed by atoms with Crippen LogP contribution in [0.3, 0.4) is 0 Å². The zero-order valence-corrected chi connectivity index (χ0v) is 12.7. The van der Waals surface area contributed by atoms with Crippen LogP contribution in [0, 0.1) is 0 Å². The highest BCUT2D eigenvalue weighted by Crippen LogP contribution is 2.30. The predicted molar refractivity (Wildman–Crippen MR) is 86.1 cm³/mol. The first-order valence-corrected chi connectivity index (χ1v) is 7.14. The third-order valence-corrected chi connectivity index (χ3v) is 3.76. The van der Waals surface area contributed by atoms with Crippen molar-refractivity contribution < 1.29 is 4.79 Å². The zero-order chi connectivity index (χ0) is 16.0. The standard InChI is InChI=1S/C16H14N6O/c1-21(2)16(23)13-8-11-10(5-7-17-15(11)20-13)12-9-19-22-14(12)4-3-6-18-22/h3-9H,1-2H3,(H,17,20). The molecule has 0 aliphatic rings. The molecule has 0 unspecified atom stereocenters. The van der Waals surface area contributed by atoms with Crippen LogP contribution >= 0.6 is 0 Å². The summed E-state index contributed by atoms with van der Waals surface area (Å²) in [6.45, 7) is 0. The first kappa shape index (κ1) is 13.4. The van der Waals surface area contributed by atoms with Crippen molar-refractivity contribution in [1.82, 2.24) is 29.7 Å². The third-order valence-electron chi connectivity index (χ3n) is 3.76. The lowest BCUT2D eigenvalue weighted by molar-refractivity contribution is 0.0823. The first-order chi connectivity index (χ1) is 11.1. The molecule has 0 atom stereocenters. The molecular formula is C16H14N6O. The number of pyridine rings is 1. The van der Waals surface area contributed by atoms with Crippen molar-refractivity contribution in [2.24, 2.45) is 0 Å². The van der Waals surface area contributed by atoms with Gasteiger partial charge in [0.1, 0.15) is 11.3 Å². The number of carbonyl (C=O) groups is 1. The van der Waals surface area contributed by atoms with Crippen LogP contribution in [-0.2, 0) is 0 Å². The van der Waals surface area contributed by atoms with Gasteiger partial charge in [-0.3, -0.25) is 4.79 Å². The molecule has 0 radical (unpaired) electrons. The quantitative estimate of drug-likeness (QED) is 0.614. The Labute approximate surface area is 131 Å². The number of nitrogens with one attached hydrogen (secondary N) is 1. The molecule has 0 aliphatic carbocycles. The van der Waals surface area contributed by atoms with Gasteiger partial charge in [-0.2, -0.15) is 14.8 Å². The highest BCUT2D eigenvalue weighted by molar-refractivity contribution is 6.03. The summed E-state index contributed by atoms with van der Waals surface area (Å²) in [5.41, 5.74) is 4.01. The van der Waals surface area contributed by atoms with Crippen LogP contribution in [0.2, 0.25) is 0 Å². The molecule has 23 heavy (non-hydrogen) atoms. The van der Waals surface area contributed by atoms with Crippen LogP contribution in [0.15, 0.2) is 42.9 Å². The Morgan fingerprint density at radius 3 is 2.87 bits per heavy atom. The molecule has 1 amide bonds. The van der Waals surface area contributed by atoms with Crippen LogP contribution in [0.4, 0.5) is 0 Å². The molecular weight excluding hydrogens is 292 g/mol. The molecule has 4 heterocycles. The maximum Gasteiger partial charge on any atom is 0.269 e. The lowest BCUT2D eigenvalue weighted by Crippen LogP contribution is -2.21. The Morgan fingerprint density at radius 2 is 2.04 bits per heavy atom. The number of hydrogen-bond donors (Lipinski definition) is 1. The average Bonchev–Trinajstić information content (AvgIpc) is 3.17. The molecule has 4 aromatic rings. The van der Waals surface area contributed by atoms with Gasteiger partial charge < -0.3 is 9.88 Å². The second-order valence-corrected chi connectivity index (χ2v) is 5.46. The van der Waals surface area contributed by atoms with Crippen molar-refractivity contribution in [3.05, 3.63) is 48.5 Å². The van der Waals surface area contributed by atoms with E-state index >= 15 is 0 Å². The second-order valence-electron chi connectivity index (χ2n) is 5.46. The lowest BCUT2D eigenvalue weighted by atomic mass is 10.1. The van der Waals surface area contributed by atoms with Gasteiger partial charge in [0.2, 0.25) is 0 Å². The van der Waals surface area contributed by atoms with Crippen LogP contribution in [0.1, 0.15) is 10.5 Å². The van der Waals surface area contributed by atoms with E-state index in [2.05, 4.69) is 20.2 Å². The molecule has 0 saturated carbocycles. The minimum atomic E-state index is -0.0875. The monoisotopic (exact) mass is 306 g/mol. The topological polar surface area (TPSA) is 79.2 Å². The summed E-state index contributed by atoms with van der Waals surface area (Å²) < 4.78 is 1.58. The van der Waals surface area contributed by atoms with Crippen LogP contribution in [0.5, 0.6) is 0 Å². The van der Waals surface area contributed by atoms with E-state index in [4.69, 9.17) is 0 Å². The number of nitrogens with zero attached hydrogens (tertiary/aromatic N) is 5. The third kappa shape index (κ3) is 2.05. The van der Waals surface area contributed by atoms with Crippen molar-refractivity contribution in [2.45, 2.75) is 0 Å². The summed E-state index contributed by atoms with van der Waals surface area (Å²) in [6, 6.07) is 7.58. The van der Waals surface area contributed by atoms with Crippen LogP contribution in [0.25, 0.3) is 27.7 Å². The van der Waals surface area contributed by atoms with Gasteiger partial charge in [-0.25, -0.2) is 4.98 Å². The number of carbonyl (C=O) groups excluding carboxylic acids is 1. The van der Waals surface area contributed by atoms with Crippen molar-refractivity contribution in [2.75, 3.05) is 14.1 Å². The highest BCUT2D eigenvalue weighted by Gasteiger charge is 2.16. The highest BCUT2D eigenvalue weighted by atomic mass is 16.2. The van der Waals surface area contributed by atoms with E-state index in [1.807, 2.05) is 24.3 Å². The number of aromatic amines is 1. The minimum absolute atomic E-state index is 0.0875. The van der Waals surface area contributed by atoms with Crippen molar-refractivity contribution >= 4 is 22.5 Å². The summed E-state index contributed by atoms with van der Waals surface area (Å²) in [5, 5.41) is 9.34. The number of hydrogen-bond acceptors (Lipinski definition) is 4. The minimum Gasteiger partial charge on any atom is -0.344 e. The van der Waals surface area contributed by atoms with Gasteiger partial charge in [-0.1, -0.05) is 0 Å². The van der Waals surface area contributed by atoms with Gasteiger partial charge in [0, 0.05) is 37.4 Å². The van der Waals surface area contributed by atoms with E-state index in [9.17, 15) is 4.79 Å². The average molecular weight is 306 g/mol. The number of H-pyrrole nitrogens is 1. The first-order valence-electron chi connectivity index (χ1n) is 7.14. The predicted octanol–water partition coefficient (Wildman–Crippen LogP) is 1.97. The molecule has 0 spiro atoms. The zero-order valence-electron chi connectivity index (χ0n) is 12.7. The largest absolute Gasteiger partial charge is 0.344 e. The molecule has 1 N–H and O–H groups in total. The number of fused-ring (bicyclic) bond motifs is 2. The fourth-order valence-electron chi connectivity index (χ4n) is 2.66. The van der Waals surface area contributed by atoms with Crippen LogP contribution in [-0.4, -0.2) is 49.7 Å². The maximum absolute atomic E-state index is 12.2. The summed E-state index contributed by atoms with van der Waals surface area (Å²) >= 11 is 0. The SMILES string of the molecule is CN(C)C(=O)c1cc2c(-c3cnn4ncccc34)ccnc2[nH]1. The molecule has 7 heteroatoms. The van der Waals surface area contributed by atoms with Crippen molar-refractivity contribution in [3.8, 4) is 11.1 Å². The molecule has 7 nitrogen and oxygen atoms in total. The summed E-state index contributed by atoms with van der Waals surface area (Å²) in [5.74, 6) is -0.0875. The van der Waals surface area contributed by atoms with E-state index in [0.29, 0.717) is 11.3 Å². The maximum atomic E-state index is 12.2. The second kappa shape index (κ2) is 4.91. The molecule has 0 aliphatic heterocycles. The Hall–Kier alpha value is -3.22. The van der Waals surface area contributed by atoms with Gasteiger partial charge in [0.05, 0.1) is 11.7 Å². The fourth-order valence-corrected chi connectivity index (χ4v) is 2.66. The molecule has 4 aromatic heterocycles. The molecule has 4 rings (SSSR count). The summed E-state index contributed by atoms with van der Waals surface area (Å²) in [7, 11) is 3.44. The molecule has 0 bridgehead atoms. The van der Waals surface area contributed by atoms with E-state index < -0.39 is 0 Å². The van der Waals surface area contributed by atoms with Gasteiger partial charge >= 0.3 is 0 Å². The Kier molecular flexibility index (Phi) is 2.87. The van der Waals surface area contributed by atoms with E-state index in [-0.39, 0.29) is 5.91 Å².